The minimum absolute atomic E-state index is 0.00611. The van der Waals surface area contributed by atoms with Crippen LogP contribution in [0.1, 0.15) is 11.4 Å². The van der Waals surface area contributed by atoms with Crippen LogP contribution in [-0.2, 0) is 4.79 Å². The fourth-order valence-electron chi connectivity index (χ4n) is 3.60. The molecule has 1 amide bonds. The number of aromatic amines is 2. The summed E-state index contributed by atoms with van der Waals surface area (Å²) in [6, 6.07) is 8.46. The van der Waals surface area contributed by atoms with Crippen LogP contribution >= 0.6 is 0 Å². The van der Waals surface area contributed by atoms with Gasteiger partial charge in [0.1, 0.15) is 11.6 Å². The number of nitrogens with one attached hydrogen (secondary N) is 4. The molecule has 11 heteroatoms. The predicted octanol–water partition coefficient (Wildman–Crippen LogP) is 2.91. The summed E-state index contributed by atoms with van der Waals surface area (Å²) in [6.45, 7) is 4.97. The Morgan fingerprint density at radius 2 is 2.00 bits per heavy atom. The van der Waals surface area contributed by atoms with E-state index in [0.29, 0.717) is 41.4 Å². The molecule has 4 N–H and O–H groups in total. The highest BCUT2D eigenvalue weighted by Crippen LogP contribution is 2.31. The summed E-state index contributed by atoms with van der Waals surface area (Å²) >= 11 is 0. The van der Waals surface area contributed by atoms with Crippen LogP contribution in [0.15, 0.2) is 30.3 Å². The molecule has 1 aliphatic rings. The normalized spacial score (nSPS) is 14.0. The number of hydrogen-bond donors (Lipinski definition) is 4. The molecule has 0 radical (unpaired) electrons. The first kappa shape index (κ1) is 19.8. The summed E-state index contributed by atoms with van der Waals surface area (Å²) in [5.74, 6) is 0.848. The second-order valence-corrected chi connectivity index (χ2v) is 7.62. The Labute approximate surface area is 182 Å². The summed E-state index contributed by atoms with van der Waals surface area (Å²) < 4.78 is 20.8. The quantitative estimate of drug-likeness (QED) is 0.379. The number of ether oxygens (including phenoxy) is 1. The number of amides is 1. The summed E-state index contributed by atoms with van der Waals surface area (Å²) in [6.07, 6.45) is 0. The average molecular weight is 436 g/mol. The molecule has 1 aromatic carbocycles. The molecule has 4 heterocycles. The Morgan fingerprint density at radius 3 is 2.78 bits per heavy atom. The van der Waals surface area contributed by atoms with Crippen LogP contribution in [0.5, 0.6) is 11.8 Å². The van der Waals surface area contributed by atoms with Gasteiger partial charge in [0.05, 0.1) is 6.54 Å². The molecule has 1 aliphatic heterocycles. The van der Waals surface area contributed by atoms with Gasteiger partial charge in [0, 0.05) is 47.5 Å². The molecule has 0 bridgehead atoms. The van der Waals surface area contributed by atoms with Crippen molar-refractivity contribution in [1.29, 1.82) is 0 Å². The van der Waals surface area contributed by atoms with Crippen LogP contribution in [0.25, 0.3) is 10.9 Å². The second-order valence-electron chi connectivity index (χ2n) is 7.62. The van der Waals surface area contributed by atoms with Crippen molar-refractivity contribution in [1.82, 2.24) is 30.5 Å². The van der Waals surface area contributed by atoms with Gasteiger partial charge in [-0.3, -0.25) is 9.89 Å². The lowest BCUT2D eigenvalue weighted by atomic mass is 10.2. The van der Waals surface area contributed by atoms with Crippen molar-refractivity contribution < 1.29 is 13.9 Å². The largest absolute Gasteiger partial charge is 0.421 e. The van der Waals surface area contributed by atoms with Crippen LogP contribution < -0.4 is 20.3 Å². The standard InChI is InChI=1S/C21H21FN8O2/c1-11-7-13-14(24-11)3-4-15(20(13)22)32-21-26-16(25-17-8-12(2)28-29-17)9-18(27-21)30-6-5-23-19(31)10-30/h3-4,7-9,24H,5-6,10H2,1-2H3,(H,23,31)(H2,25,26,27,28,29). The molecule has 0 spiro atoms. The van der Waals surface area contributed by atoms with E-state index < -0.39 is 5.82 Å². The molecule has 0 aliphatic carbocycles. The first-order chi connectivity index (χ1) is 15.4. The van der Waals surface area contributed by atoms with E-state index in [1.165, 1.54) is 6.07 Å². The summed E-state index contributed by atoms with van der Waals surface area (Å²) in [7, 11) is 0. The number of aryl methyl sites for hydroxylation is 2. The molecule has 4 aromatic rings. The third-order valence-electron chi connectivity index (χ3n) is 5.05. The highest BCUT2D eigenvalue weighted by molar-refractivity contribution is 5.83. The Balaban J connectivity index is 1.51. The number of benzene rings is 1. The van der Waals surface area contributed by atoms with Gasteiger partial charge in [-0.05, 0) is 32.0 Å². The van der Waals surface area contributed by atoms with Crippen molar-refractivity contribution in [2.24, 2.45) is 0 Å². The first-order valence-electron chi connectivity index (χ1n) is 10.1. The van der Waals surface area contributed by atoms with Gasteiger partial charge >= 0.3 is 6.01 Å². The van der Waals surface area contributed by atoms with E-state index in [1.807, 2.05) is 24.8 Å². The maximum absolute atomic E-state index is 15.0. The fourth-order valence-corrected chi connectivity index (χ4v) is 3.60. The van der Waals surface area contributed by atoms with Gasteiger partial charge in [0.2, 0.25) is 5.91 Å². The molecule has 1 saturated heterocycles. The van der Waals surface area contributed by atoms with Crippen molar-refractivity contribution in [2.75, 3.05) is 29.9 Å². The molecule has 10 nitrogen and oxygen atoms in total. The molecule has 3 aromatic heterocycles. The van der Waals surface area contributed by atoms with E-state index in [4.69, 9.17) is 4.74 Å². The smallest absolute Gasteiger partial charge is 0.326 e. The van der Waals surface area contributed by atoms with Crippen LogP contribution in [0.2, 0.25) is 0 Å². The van der Waals surface area contributed by atoms with Gasteiger partial charge in [-0.1, -0.05) is 0 Å². The highest BCUT2D eigenvalue weighted by atomic mass is 19.1. The molecule has 0 saturated carbocycles. The number of fused-ring (bicyclic) bond motifs is 1. The Bertz CT molecular complexity index is 1310. The van der Waals surface area contributed by atoms with Crippen LogP contribution in [0.4, 0.5) is 21.8 Å². The zero-order valence-corrected chi connectivity index (χ0v) is 17.5. The van der Waals surface area contributed by atoms with E-state index >= 15 is 4.39 Å². The number of piperazine rings is 1. The van der Waals surface area contributed by atoms with E-state index in [2.05, 4.69) is 35.8 Å². The predicted molar refractivity (Wildman–Crippen MR) is 117 cm³/mol. The number of H-pyrrole nitrogens is 2. The fraction of sp³-hybridized carbons (Fsp3) is 0.238. The van der Waals surface area contributed by atoms with Gasteiger partial charge in [-0.25, -0.2) is 4.39 Å². The first-order valence-corrected chi connectivity index (χ1v) is 10.1. The Kier molecular flexibility index (Phi) is 4.85. The summed E-state index contributed by atoms with van der Waals surface area (Å²) in [5.41, 5.74) is 2.40. The molecule has 164 valence electrons. The Morgan fingerprint density at radius 1 is 1.12 bits per heavy atom. The van der Waals surface area contributed by atoms with Crippen LogP contribution in [0.3, 0.4) is 0 Å². The monoisotopic (exact) mass is 436 g/mol. The lowest BCUT2D eigenvalue weighted by molar-refractivity contribution is -0.120. The highest BCUT2D eigenvalue weighted by Gasteiger charge is 2.21. The topological polar surface area (TPSA) is 124 Å². The SMILES string of the molecule is Cc1cc(Nc2cc(N3CCNC(=O)C3)nc(Oc3ccc4[nH]c(C)cc4c3F)n2)n[nH]1. The maximum Gasteiger partial charge on any atom is 0.326 e. The lowest BCUT2D eigenvalue weighted by Crippen LogP contribution is -2.48. The minimum Gasteiger partial charge on any atom is -0.421 e. The zero-order chi connectivity index (χ0) is 22.2. The number of halogens is 1. The average Bonchev–Trinajstić information content (AvgIpc) is 3.35. The summed E-state index contributed by atoms with van der Waals surface area (Å²) in [4.78, 5) is 25.6. The molecule has 0 atom stereocenters. The second kappa shape index (κ2) is 7.84. The number of anilines is 3. The van der Waals surface area contributed by atoms with Gasteiger partial charge in [-0.15, -0.1) is 0 Å². The molecule has 0 unspecified atom stereocenters. The van der Waals surface area contributed by atoms with E-state index in [0.717, 1.165) is 11.4 Å². The number of carbonyl (C=O) groups excluding carboxylic acids is 1. The van der Waals surface area contributed by atoms with E-state index in [9.17, 15) is 4.79 Å². The van der Waals surface area contributed by atoms with Crippen molar-refractivity contribution in [3.05, 3.63) is 47.5 Å². The van der Waals surface area contributed by atoms with Gasteiger partial charge in [0.15, 0.2) is 17.4 Å². The molecule has 1 fully saturated rings. The molecular weight excluding hydrogens is 415 g/mol. The third-order valence-corrected chi connectivity index (χ3v) is 5.05. The Hall–Kier alpha value is -4.15. The molecule has 32 heavy (non-hydrogen) atoms. The van der Waals surface area contributed by atoms with Crippen molar-refractivity contribution in [3.8, 4) is 11.8 Å². The maximum atomic E-state index is 15.0. The van der Waals surface area contributed by atoms with Crippen molar-refractivity contribution >= 4 is 34.3 Å². The van der Waals surface area contributed by atoms with Gasteiger partial charge < -0.3 is 25.3 Å². The number of rotatable bonds is 5. The van der Waals surface area contributed by atoms with E-state index in [1.54, 1.807) is 18.2 Å². The third kappa shape index (κ3) is 3.92. The molecule has 5 rings (SSSR count). The van der Waals surface area contributed by atoms with Crippen molar-refractivity contribution in [3.63, 3.8) is 0 Å². The molecular formula is C21H21FN8O2. The van der Waals surface area contributed by atoms with E-state index in [-0.39, 0.29) is 24.2 Å². The van der Waals surface area contributed by atoms with Crippen molar-refractivity contribution in [2.45, 2.75) is 13.8 Å². The van der Waals surface area contributed by atoms with Crippen LogP contribution in [0, 0.1) is 19.7 Å². The number of nitrogens with zero attached hydrogens (tertiary/aromatic N) is 4. The zero-order valence-electron chi connectivity index (χ0n) is 17.5. The van der Waals surface area contributed by atoms with Crippen LogP contribution in [-0.4, -0.2) is 50.7 Å². The van der Waals surface area contributed by atoms with Gasteiger partial charge in [0.25, 0.3) is 0 Å². The minimum atomic E-state index is -0.504. The summed E-state index contributed by atoms with van der Waals surface area (Å²) in [5, 5.41) is 13.3. The number of carbonyl (C=O) groups is 1. The lowest BCUT2D eigenvalue weighted by Gasteiger charge is -2.27. The number of aromatic nitrogens is 5. The number of hydrogen-bond acceptors (Lipinski definition) is 7. The van der Waals surface area contributed by atoms with Gasteiger partial charge in [-0.2, -0.15) is 15.1 Å².